The van der Waals surface area contributed by atoms with Crippen molar-refractivity contribution in [2.75, 3.05) is 24.6 Å². The van der Waals surface area contributed by atoms with E-state index in [4.69, 9.17) is 4.74 Å². The van der Waals surface area contributed by atoms with E-state index in [0.29, 0.717) is 18.7 Å². The SMILES string of the molecule is CCOc1cccc(CNC(=O)c2ccc3ncnc(N4CCCCC4)c3c2)c1. The summed E-state index contributed by atoms with van der Waals surface area (Å²) in [5.41, 5.74) is 2.48. The third-order valence-electron chi connectivity index (χ3n) is 5.19. The molecule has 4 rings (SSSR count). The Balaban J connectivity index is 1.52. The maximum atomic E-state index is 12.8. The van der Waals surface area contributed by atoms with Crippen LogP contribution in [0.15, 0.2) is 48.8 Å². The van der Waals surface area contributed by atoms with Crippen LogP contribution in [0.4, 0.5) is 5.82 Å². The molecule has 1 amide bonds. The van der Waals surface area contributed by atoms with Crippen molar-refractivity contribution in [3.63, 3.8) is 0 Å². The van der Waals surface area contributed by atoms with Gasteiger partial charge in [0.1, 0.15) is 17.9 Å². The number of carbonyl (C=O) groups excluding carboxylic acids is 1. The summed E-state index contributed by atoms with van der Waals surface area (Å²) in [4.78, 5) is 24.0. The Morgan fingerprint density at radius 1 is 1.10 bits per heavy atom. The third-order valence-corrected chi connectivity index (χ3v) is 5.19. The fourth-order valence-electron chi connectivity index (χ4n) is 3.74. The number of benzene rings is 2. The predicted octanol–water partition coefficient (Wildman–Crippen LogP) is 3.95. The lowest BCUT2D eigenvalue weighted by Crippen LogP contribution is -2.30. The Labute approximate surface area is 170 Å². The second-order valence-electron chi connectivity index (χ2n) is 7.24. The molecule has 1 aliphatic heterocycles. The Kier molecular flexibility index (Phi) is 5.89. The van der Waals surface area contributed by atoms with Crippen molar-refractivity contribution in [2.45, 2.75) is 32.7 Å². The number of hydrogen-bond donors (Lipinski definition) is 1. The van der Waals surface area contributed by atoms with Crippen LogP contribution in [-0.2, 0) is 6.54 Å². The highest BCUT2D eigenvalue weighted by molar-refractivity contribution is 6.00. The van der Waals surface area contributed by atoms with E-state index in [0.717, 1.165) is 41.1 Å². The van der Waals surface area contributed by atoms with Crippen LogP contribution in [-0.4, -0.2) is 35.6 Å². The molecule has 6 heteroatoms. The Bertz CT molecular complexity index is 999. The first-order chi connectivity index (χ1) is 14.2. The van der Waals surface area contributed by atoms with E-state index in [1.165, 1.54) is 19.3 Å². The van der Waals surface area contributed by atoms with Crippen molar-refractivity contribution in [1.29, 1.82) is 0 Å². The van der Waals surface area contributed by atoms with Crippen LogP contribution in [0.5, 0.6) is 5.75 Å². The summed E-state index contributed by atoms with van der Waals surface area (Å²) in [7, 11) is 0. The number of carbonyl (C=O) groups is 1. The van der Waals surface area contributed by atoms with Crippen LogP contribution in [0, 0.1) is 0 Å². The summed E-state index contributed by atoms with van der Waals surface area (Å²) in [5, 5.41) is 3.93. The van der Waals surface area contributed by atoms with Crippen molar-refractivity contribution in [1.82, 2.24) is 15.3 Å². The van der Waals surface area contributed by atoms with Crippen molar-refractivity contribution in [3.05, 3.63) is 59.9 Å². The maximum absolute atomic E-state index is 12.8. The van der Waals surface area contributed by atoms with E-state index in [2.05, 4.69) is 20.2 Å². The molecule has 150 valence electrons. The zero-order valence-electron chi connectivity index (χ0n) is 16.7. The summed E-state index contributed by atoms with van der Waals surface area (Å²) < 4.78 is 5.53. The largest absolute Gasteiger partial charge is 0.494 e. The molecule has 3 aromatic rings. The van der Waals surface area contributed by atoms with Gasteiger partial charge in [-0.25, -0.2) is 9.97 Å². The Morgan fingerprint density at radius 3 is 2.79 bits per heavy atom. The summed E-state index contributed by atoms with van der Waals surface area (Å²) in [6, 6.07) is 13.4. The Hall–Kier alpha value is -3.15. The van der Waals surface area contributed by atoms with E-state index in [9.17, 15) is 4.79 Å². The first kappa shape index (κ1) is 19.2. The molecular formula is C23H26N4O2. The predicted molar refractivity (Wildman–Crippen MR) is 114 cm³/mol. The lowest BCUT2D eigenvalue weighted by atomic mass is 10.1. The summed E-state index contributed by atoms with van der Waals surface area (Å²) in [5.74, 6) is 1.63. The minimum absolute atomic E-state index is 0.109. The fraction of sp³-hybridized carbons (Fsp3) is 0.348. The first-order valence-corrected chi connectivity index (χ1v) is 10.2. The van der Waals surface area contributed by atoms with Gasteiger partial charge < -0.3 is 15.0 Å². The molecule has 1 aromatic heterocycles. The van der Waals surface area contributed by atoms with Gasteiger partial charge in [-0.05, 0) is 62.1 Å². The average molecular weight is 390 g/mol. The maximum Gasteiger partial charge on any atom is 0.251 e. The van der Waals surface area contributed by atoms with E-state index in [1.54, 1.807) is 6.33 Å². The van der Waals surface area contributed by atoms with Gasteiger partial charge in [0.25, 0.3) is 5.91 Å². The normalized spacial score (nSPS) is 14.0. The summed E-state index contributed by atoms with van der Waals surface area (Å²) in [6.07, 6.45) is 5.22. The molecule has 0 atom stereocenters. The summed E-state index contributed by atoms with van der Waals surface area (Å²) in [6.45, 7) is 5.02. The molecule has 0 spiro atoms. The van der Waals surface area contributed by atoms with E-state index in [-0.39, 0.29) is 5.91 Å². The van der Waals surface area contributed by atoms with Crippen molar-refractivity contribution >= 4 is 22.6 Å². The number of aromatic nitrogens is 2. The van der Waals surface area contributed by atoms with Gasteiger partial charge in [0.05, 0.1) is 12.1 Å². The molecule has 0 radical (unpaired) electrons. The van der Waals surface area contributed by atoms with E-state index < -0.39 is 0 Å². The van der Waals surface area contributed by atoms with Crippen LogP contribution in [0.2, 0.25) is 0 Å². The molecular weight excluding hydrogens is 364 g/mol. The first-order valence-electron chi connectivity index (χ1n) is 10.2. The number of nitrogens with one attached hydrogen (secondary N) is 1. The highest BCUT2D eigenvalue weighted by Gasteiger charge is 2.16. The summed E-state index contributed by atoms with van der Waals surface area (Å²) >= 11 is 0. The molecule has 1 saturated heterocycles. The van der Waals surface area contributed by atoms with Gasteiger partial charge in [-0.1, -0.05) is 12.1 Å². The zero-order chi connectivity index (χ0) is 20.1. The van der Waals surface area contributed by atoms with Gasteiger partial charge in [-0.15, -0.1) is 0 Å². The molecule has 0 saturated carbocycles. The molecule has 2 heterocycles. The van der Waals surface area contributed by atoms with Crippen molar-refractivity contribution in [3.8, 4) is 5.75 Å². The lowest BCUT2D eigenvalue weighted by Gasteiger charge is -2.28. The highest BCUT2D eigenvalue weighted by atomic mass is 16.5. The molecule has 1 N–H and O–H groups in total. The number of hydrogen-bond acceptors (Lipinski definition) is 5. The third kappa shape index (κ3) is 4.47. The highest BCUT2D eigenvalue weighted by Crippen LogP contribution is 2.26. The van der Waals surface area contributed by atoms with Crippen LogP contribution >= 0.6 is 0 Å². The van der Waals surface area contributed by atoms with Gasteiger partial charge >= 0.3 is 0 Å². The molecule has 0 unspecified atom stereocenters. The second kappa shape index (κ2) is 8.90. The number of piperidine rings is 1. The average Bonchev–Trinajstić information content (AvgIpc) is 2.78. The molecule has 2 aromatic carbocycles. The minimum Gasteiger partial charge on any atom is -0.494 e. The smallest absolute Gasteiger partial charge is 0.251 e. The minimum atomic E-state index is -0.109. The molecule has 29 heavy (non-hydrogen) atoms. The van der Waals surface area contributed by atoms with Crippen LogP contribution in [0.25, 0.3) is 10.9 Å². The lowest BCUT2D eigenvalue weighted by molar-refractivity contribution is 0.0951. The topological polar surface area (TPSA) is 67.3 Å². The van der Waals surface area contributed by atoms with Crippen LogP contribution < -0.4 is 15.0 Å². The number of nitrogens with zero attached hydrogens (tertiary/aromatic N) is 3. The van der Waals surface area contributed by atoms with Gasteiger partial charge in [0, 0.05) is 30.6 Å². The van der Waals surface area contributed by atoms with E-state index >= 15 is 0 Å². The monoisotopic (exact) mass is 390 g/mol. The number of anilines is 1. The molecule has 0 aliphatic carbocycles. The van der Waals surface area contributed by atoms with Gasteiger partial charge in [-0.2, -0.15) is 0 Å². The van der Waals surface area contributed by atoms with Gasteiger partial charge in [0.15, 0.2) is 0 Å². The molecule has 6 nitrogen and oxygen atoms in total. The molecule has 1 aliphatic rings. The van der Waals surface area contributed by atoms with Crippen LogP contribution in [0.1, 0.15) is 42.1 Å². The number of ether oxygens (including phenoxy) is 1. The van der Waals surface area contributed by atoms with Crippen molar-refractivity contribution in [2.24, 2.45) is 0 Å². The number of rotatable bonds is 6. The van der Waals surface area contributed by atoms with Crippen molar-refractivity contribution < 1.29 is 9.53 Å². The van der Waals surface area contributed by atoms with Gasteiger partial charge in [0.2, 0.25) is 0 Å². The zero-order valence-corrected chi connectivity index (χ0v) is 16.7. The van der Waals surface area contributed by atoms with Crippen LogP contribution in [0.3, 0.4) is 0 Å². The molecule has 1 fully saturated rings. The number of amides is 1. The molecule has 0 bridgehead atoms. The van der Waals surface area contributed by atoms with Gasteiger partial charge in [-0.3, -0.25) is 4.79 Å². The fourth-order valence-corrected chi connectivity index (χ4v) is 3.74. The standard InChI is InChI=1S/C23H26N4O2/c1-2-29-19-8-6-7-17(13-19)15-24-23(28)18-9-10-21-20(14-18)22(26-16-25-21)27-11-4-3-5-12-27/h6-10,13-14,16H,2-5,11-12,15H2,1H3,(H,24,28). The Morgan fingerprint density at radius 2 is 1.97 bits per heavy atom. The quantitative estimate of drug-likeness (QED) is 0.690. The number of fused-ring (bicyclic) bond motifs is 1. The van der Waals surface area contributed by atoms with E-state index in [1.807, 2.05) is 49.4 Å². The second-order valence-corrected chi connectivity index (χ2v) is 7.24.